The number of pyridine rings is 1. The lowest BCUT2D eigenvalue weighted by molar-refractivity contribution is -0.0976. The Bertz CT molecular complexity index is 475. The first kappa shape index (κ1) is 16.5. The van der Waals surface area contributed by atoms with Crippen molar-refractivity contribution in [2.45, 2.75) is 51.2 Å². The Labute approximate surface area is 131 Å². The van der Waals surface area contributed by atoms with E-state index in [4.69, 9.17) is 27.9 Å². The van der Waals surface area contributed by atoms with E-state index in [0.717, 1.165) is 31.2 Å². The van der Waals surface area contributed by atoms with E-state index in [1.54, 1.807) is 6.20 Å². The van der Waals surface area contributed by atoms with Gasteiger partial charge < -0.3 is 10.5 Å². The van der Waals surface area contributed by atoms with E-state index in [1.807, 2.05) is 13.0 Å². The number of nitrogens with two attached hydrogens (primary N) is 2. The molecule has 5 N–H and O–H groups in total. The van der Waals surface area contributed by atoms with E-state index in [-0.39, 0.29) is 11.6 Å². The molecule has 1 heterocycles. The molecule has 1 atom stereocenters. The monoisotopic (exact) mass is 312 g/mol. The predicted molar refractivity (Wildman–Crippen MR) is 85.7 cm³/mol. The Balaban J connectivity index is 2.38. The molecule has 1 aromatic heterocycles. The minimum absolute atomic E-state index is 0.212. The second-order valence-electron chi connectivity index (χ2n) is 5.91. The summed E-state index contributed by atoms with van der Waals surface area (Å²) in [6, 6.07) is 1.61. The maximum Gasteiger partial charge on any atom is 0.128 e. The van der Waals surface area contributed by atoms with Gasteiger partial charge in [0.2, 0.25) is 0 Å². The Morgan fingerprint density at radius 2 is 2.19 bits per heavy atom. The molecule has 0 amide bonds. The summed E-state index contributed by atoms with van der Waals surface area (Å²) in [5, 5.41) is 0.551. The van der Waals surface area contributed by atoms with E-state index < -0.39 is 0 Å². The number of rotatable bonds is 5. The third-order valence-corrected chi connectivity index (χ3v) is 4.68. The molecule has 1 aromatic rings. The van der Waals surface area contributed by atoms with Gasteiger partial charge in [-0.25, -0.2) is 10.4 Å². The third-order valence-electron chi connectivity index (χ3n) is 4.47. The molecule has 1 fully saturated rings. The van der Waals surface area contributed by atoms with E-state index in [1.165, 1.54) is 0 Å². The number of nitrogens with one attached hydrogen (secondary N) is 1. The Morgan fingerprint density at radius 3 is 2.76 bits per heavy atom. The summed E-state index contributed by atoms with van der Waals surface area (Å²) in [4.78, 5) is 4.14. The highest BCUT2D eigenvalue weighted by Crippen LogP contribution is 2.44. The van der Waals surface area contributed by atoms with Crippen LogP contribution in [0.4, 0.5) is 5.82 Å². The van der Waals surface area contributed by atoms with Crippen LogP contribution in [0.1, 0.15) is 51.1 Å². The van der Waals surface area contributed by atoms with Gasteiger partial charge in [-0.15, -0.1) is 0 Å². The van der Waals surface area contributed by atoms with Gasteiger partial charge in [0.25, 0.3) is 0 Å². The zero-order valence-corrected chi connectivity index (χ0v) is 13.5. The number of anilines is 1. The largest absolute Gasteiger partial charge is 0.383 e. The predicted octanol–water partition coefficient (Wildman–Crippen LogP) is 2.81. The van der Waals surface area contributed by atoms with Crippen molar-refractivity contribution in [3.63, 3.8) is 0 Å². The first-order chi connectivity index (χ1) is 10.0. The van der Waals surface area contributed by atoms with Gasteiger partial charge in [-0.3, -0.25) is 5.84 Å². The molecule has 0 aliphatic heterocycles. The second-order valence-corrected chi connectivity index (χ2v) is 6.34. The Morgan fingerprint density at radius 1 is 1.52 bits per heavy atom. The summed E-state index contributed by atoms with van der Waals surface area (Å²) < 4.78 is 6.15. The van der Waals surface area contributed by atoms with E-state index in [2.05, 4.69) is 17.3 Å². The van der Waals surface area contributed by atoms with Crippen molar-refractivity contribution in [3.8, 4) is 0 Å². The van der Waals surface area contributed by atoms with Crippen molar-refractivity contribution in [2.24, 2.45) is 11.8 Å². The lowest BCUT2D eigenvalue weighted by atomic mass is 9.73. The Kier molecular flexibility index (Phi) is 5.43. The molecule has 1 aliphatic rings. The SMILES string of the molecule is CCOC1(C(NN)c2cc(Cl)cnc2N)CCC(C)CC1. The van der Waals surface area contributed by atoms with Crippen molar-refractivity contribution < 1.29 is 4.74 Å². The number of ether oxygens (including phenoxy) is 1. The first-order valence-corrected chi connectivity index (χ1v) is 7.91. The number of nitrogens with zero attached hydrogens (tertiary/aromatic N) is 1. The molecule has 6 heteroatoms. The lowest BCUT2D eigenvalue weighted by Gasteiger charge is -2.44. The number of hydrogen-bond donors (Lipinski definition) is 3. The molecule has 0 saturated heterocycles. The molecule has 0 aromatic carbocycles. The topological polar surface area (TPSA) is 86.2 Å². The van der Waals surface area contributed by atoms with Crippen LogP contribution in [0.5, 0.6) is 0 Å². The minimum atomic E-state index is -0.351. The number of hydrazine groups is 1. The van der Waals surface area contributed by atoms with E-state index in [0.29, 0.717) is 23.4 Å². The molecule has 0 bridgehead atoms. The summed E-state index contributed by atoms with van der Waals surface area (Å²) in [5.41, 5.74) is 9.39. The van der Waals surface area contributed by atoms with Crippen LogP contribution in [0.3, 0.4) is 0 Å². The minimum Gasteiger partial charge on any atom is -0.383 e. The van der Waals surface area contributed by atoms with Crippen LogP contribution >= 0.6 is 11.6 Å². The molecule has 2 rings (SSSR count). The van der Waals surface area contributed by atoms with Crippen molar-refractivity contribution in [1.29, 1.82) is 0 Å². The molecular weight excluding hydrogens is 288 g/mol. The van der Waals surface area contributed by atoms with Crippen LogP contribution in [0, 0.1) is 5.92 Å². The average molecular weight is 313 g/mol. The first-order valence-electron chi connectivity index (χ1n) is 7.53. The fourth-order valence-electron chi connectivity index (χ4n) is 3.28. The van der Waals surface area contributed by atoms with Gasteiger partial charge in [0.1, 0.15) is 5.82 Å². The number of hydrogen-bond acceptors (Lipinski definition) is 5. The van der Waals surface area contributed by atoms with Crippen molar-refractivity contribution in [2.75, 3.05) is 12.3 Å². The molecule has 1 aliphatic carbocycles. The number of nitrogen functional groups attached to an aromatic ring is 1. The van der Waals surface area contributed by atoms with E-state index >= 15 is 0 Å². The van der Waals surface area contributed by atoms with Gasteiger partial charge in [-0.2, -0.15) is 0 Å². The fourth-order valence-corrected chi connectivity index (χ4v) is 3.44. The van der Waals surface area contributed by atoms with Gasteiger partial charge >= 0.3 is 0 Å². The third kappa shape index (κ3) is 3.48. The number of halogens is 1. The zero-order chi connectivity index (χ0) is 15.5. The summed E-state index contributed by atoms with van der Waals surface area (Å²) in [5.74, 6) is 7.01. The standard InChI is InChI=1S/C15H25ClN4O/c1-3-21-15(6-4-10(2)5-7-15)13(20-18)12-8-11(16)9-19-14(12)17/h8-10,13,20H,3-7,18H2,1-2H3,(H2,17,19). The molecule has 5 nitrogen and oxygen atoms in total. The quantitative estimate of drug-likeness (QED) is 0.575. The van der Waals surface area contributed by atoms with Gasteiger partial charge in [0.05, 0.1) is 16.7 Å². The van der Waals surface area contributed by atoms with Crippen molar-refractivity contribution >= 4 is 17.4 Å². The smallest absolute Gasteiger partial charge is 0.128 e. The molecule has 118 valence electrons. The van der Waals surface area contributed by atoms with Crippen molar-refractivity contribution in [1.82, 2.24) is 10.4 Å². The van der Waals surface area contributed by atoms with Crippen molar-refractivity contribution in [3.05, 3.63) is 22.8 Å². The van der Waals surface area contributed by atoms with Crippen LogP contribution in [-0.4, -0.2) is 17.2 Å². The highest BCUT2D eigenvalue weighted by molar-refractivity contribution is 6.30. The fraction of sp³-hybridized carbons (Fsp3) is 0.667. The summed E-state index contributed by atoms with van der Waals surface area (Å²) in [6.07, 6.45) is 5.67. The van der Waals surface area contributed by atoms with Crippen LogP contribution < -0.4 is 17.0 Å². The second kappa shape index (κ2) is 6.92. The van der Waals surface area contributed by atoms with Gasteiger partial charge in [-0.05, 0) is 44.6 Å². The molecular formula is C15H25ClN4O. The van der Waals surface area contributed by atoms with Crippen LogP contribution in [-0.2, 0) is 4.74 Å². The average Bonchev–Trinajstić information content (AvgIpc) is 2.47. The van der Waals surface area contributed by atoms with Crippen LogP contribution in [0.15, 0.2) is 12.3 Å². The summed E-state index contributed by atoms with van der Waals surface area (Å²) in [6.45, 7) is 4.92. The molecule has 21 heavy (non-hydrogen) atoms. The molecule has 1 saturated carbocycles. The summed E-state index contributed by atoms with van der Waals surface area (Å²) >= 11 is 6.07. The van der Waals surface area contributed by atoms with Gasteiger partial charge in [0, 0.05) is 18.4 Å². The lowest BCUT2D eigenvalue weighted by Crippen LogP contribution is -2.50. The maximum absolute atomic E-state index is 6.15. The molecule has 0 radical (unpaired) electrons. The van der Waals surface area contributed by atoms with Gasteiger partial charge in [0.15, 0.2) is 0 Å². The van der Waals surface area contributed by atoms with Crippen LogP contribution in [0.2, 0.25) is 5.02 Å². The highest BCUT2D eigenvalue weighted by atomic mass is 35.5. The maximum atomic E-state index is 6.15. The number of aromatic nitrogens is 1. The zero-order valence-electron chi connectivity index (χ0n) is 12.7. The van der Waals surface area contributed by atoms with Crippen LogP contribution in [0.25, 0.3) is 0 Å². The molecule has 0 spiro atoms. The van der Waals surface area contributed by atoms with E-state index in [9.17, 15) is 0 Å². The normalized spacial score (nSPS) is 27.5. The highest BCUT2D eigenvalue weighted by Gasteiger charge is 2.43. The summed E-state index contributed by atoms with van der Waals surface area (Å²) in [7, 11) is 0. The molecule has 1 unspecified atom stereocenters. The Hall–Kier alpha value is -0.880. The van der Waals surface area contributed by atoms with Gasteiger partial charge in [-0.1, -0.05) is 18.5 Å².